The fraction of sp³-hybridized carbons (Fsp3) is 0.579. The molecule has 22 heavy (non-hydrogen) atoms. The van der Waals surface area contributed by atoms with Gasteiger partial charge < -0.3 is 4.43 Å². The maximum Gasteiger partial charge on any atom is 0.197 e. The van der Waals surface area contributed by atoms with Gasteiger partial charge in [0.1, 0.15) is 0 Å². The van der Waals surface area contributed by atoms with Gasteiger partial charge in [0.2, 0.25) is 0 Å². The van der Waals surface area contributed by atoms with Crippen molar-refractivity contribution in [3.63, 3.8) is 0 Å². The quantitative estimate of drug-likeness (QED) is 0.573. The molecule has 1 atom stereocenters. The molecule has 0 N–H and O–H groups in total. The Kier molecular flexibility index (Phi) is 4.91. The summed E-state index contributed by atoms with van der Waals surface area (Å²) in [5.41, 5.74) is 1.64. The average Bonchev–Trinajstić information content (AvgIpc) is 3.06. The van der Waals surface area contributed by atoms with Crippen molar-refractivity contribution >= 4 is 16.4 Å². The van der Waals surface area contributed by atoms with E-state index in [9.17, 15) is 0 Å². The van der Waals surface area contributed by atoms with Crippen LogP contribution >= 0.6 is 0 Å². The summed E-state index contributed by atoms with van der Waals surface area (Å²) in [6.07, 6.45) is 18.1. The smallest absolute Gasteiger partial charge is 0.197 e. The van der Waals surface area contributed by atoms with Gasteiger partial charge in [-0.1, -0.05) is 82.5 Å². The molecule has 0 aliphatic heterocycles. The zero-order valence-corrected chi connectivity index (χ0v) is 17.3. The third kappa shape index (κ3) is 3.63. The lowest BCUT2D eigenvalue weighted by Gasteiger charge is -2.48. The normalized spacial score (nSPS) is 21.2. The molecule has 2 rings (SSSR count). The topological polar surface area (TPSA) is 9.23 Å². The second-order valence-corrected chi connectivity index (χ2v) is 17.8. The number of hydrogen-bond acceptors (Lipinski definition) is 1. The van der Waals surface area contributed by atoms with Crippen LogP contribution < -0.4 is 0 Å². The average molecular weight is 333 g/mol. The van der Waals surface area contributed by atoms with E-state index in [-0.39, 0.29) is 5.41 Å². The monoisotopic (exact) mass is 332 g/mol. The third-order valence-electron chi connectivity index (χ3n) is 5.04. The summed E-state index contributed by atoms with van der Waals surface area (Å²) < 4.78 is 6.99. The summed E-state index contributed by atoms with van der Waals surface area (Å²) >= 11 is 0. The molecule has 0 saturated heterocycles. The first-order chi connectivity index (χ1) is 10.0. The summed E-state index contributed by atoms with van der Waals surface area (Å²) in [6.45, 7) is 16.8. The van der Waals surface area contributed by atoms with E-state index in [1.807, 2.05) is 0 Å². The lowest BCUT2D eigenvalue weighted by molar-refractivity contribution is 0.137. The SMILES string of the molecule is CC(C)(C)C(O[Si](C)(C)C1C=CC=C1)[Si](C)(C)C1C=CC=C1. The fourth-order valence-corrected chi connectivity index (χ4v) is 12.0. The Bertz CT molecular complexity index is 494. The predicted octanol–water partition coefficient (Wildman–Crippen LogP) is 5.86. The van der Waals surface area contributed by atoms with Crippen molar-refractivity contribution in [2.75, 3.05) is 0 Å². The first-order valence-corrected chi connectivity index (χ1v) is 14.6. The van der Waals surface area contributed by atoms with Gasteiger partial charge in [0.15, 0.2) is 8.32 Å². The number of hydrogen-bond donors (Lipinski definition) is 0. The van der Waals surface area contributed by atoms with Crippen LogP contribution in [0.1, 0.15) is 20.8 Å². The Morgan fingerprint density at radius 2 is 1.18 bits per heavy atom. The molecule has 0 spiro atoms. The summed E-state index contributed by atoms with van der Waals surface area (Å²) in [4.78, 5) is 0. The summed E-state index contributed by atoms with van der Waals surface area (Å²) in [6, 6.07) is 0. The van der Waals surface area contributed by atoms with Gasteiger partial charge >= 0.3 is 0 Å². The molecule has 2 aliphatic carbocycles. The largest absolute Gasteiger partial charge is 0.416 e. The molecular formula is C19H32OSi2. The van der Waals surface area contributed by atoms with E-state index in [0.717, 1.165) is 0 Å². The molecule has 0 radical (unpaired) electrons. The highest BCUT2D eigenvalue weighted by atomic mass is 28.4. The van der Waals surface area contributed by atoms with E-state index < -0.39 is 16.4 Å². The molecule has 3 heteroatoms. The van der Waals surface area contributed by atoms with E-state index >= 15 is 0 Å². The summed E-state index contributed by atoms with van der Waals surface area (Å²) in [7, 11) is -3.40. The van der Waals surface area contributed by atoms with Crippen LogP contribution in [0.5, 0.6) is 0 Å². The van der Waals surface area contributed by atoms with E-state index in [1.165, 1.54) is 0 Å². The highest BCUT2D eigenvalue weighted by Crippen LogP contribution is 2.42. The summed E-state index contributed by atoms with van der Waals surface area (Å²) in [5.74, 6) is 0. The Morgan fingerprint density at radius 1 is 0.773 bits per heavy atom. The minimum Gasteiger partial charge on any atom is -0.416 e. The Hall–Kier alpha value is -0.646. The fourth-order valence-electron chi connectivity index (χ4n) is 3.82. The molecule has 1 unspecified atom stereocenters. The highest BCUT2D eigenvalue weighted by molar-refractivity contribution is 6.83. The molecule has 122 valence electrons. The molecule has 2 aliphatic rings. The van der Waals surface area contributed by atoms with Crippen LogP contribution in [0.25, 0.3) is 0 Å². The maximum atomic E-state index is 6.99. The van der Waals surface area contributed by atoms with Crippen molar-refractivity contribution in [2.24, 2.45) is 5.41 Å². The molecular weight excluding hydrogens is 300 g/mol. The second kappa shape index (κ2) is 6.10. The molecule has 0 saturated carbocycles. The van der Waals surface area contributed by atoms with Crippen LogP contribution in [0.2, 0.25) is 37.3 Å². The number of allylic oxidation sites excluding steroid dienone is 8. The van der Waals surface area contributed by atoms with Crippen molar-refractivity contribution in [3.8, 4) is 0 Å². The standard InChI is InChI=1S/C19H32OSi2/c1-19(2,3)18(21(4,5)16-12-8-9-13-16)20-22(6,7)17-14-10-11-15-17/h8-18H,1-7H3. The van der Waals surface area contributed by atoms with Gasteiger partial charge in [-0.25, -0.2) is 0 Å². The summed E-state index contributed by atoms with van der Waals surface area (Å²) in [5, 5.41) is 0. The third-order valence-corrected chi connectivity index (χ3v) is 12.5. The Balaban J connectivity index is 2.27. The van der Waals surface area contributed by atoms with Crippen LogP contribution in [0.4, 0.5) is 0 Å². The second-order valence-electron chi connectivity index (χ2n) is 8.88. The van der Waals surface area contributed by atoms with Crippen LogP contribution in [-0.2, 0) is 4.43 Å². The Labute approximate surface area is 139 Å². The molecule has 0 fully saturated rings. The van der Waals surface area contributed by atoms with Crippen molar-refractivity contribution < 1.29 is 4.43 Å². The van der Waals surface area contributed by atoms with E-state index in [4.69, 9.17) is 4.43 Å². The molecule has 0 aromatic carbocycles. The lowest BCUT2D eigenvalue weighted by Crippen LogP contribution is -2.57. The number of rotatable bonds is 5. The van der Waals surface area contributed by atoms with Gasteiger partial charge in [0.05, 0.1) is 8.07 Å². The van der Waals surface area contributed by atoms with Gasteiger partial charge in [0.25, 0.3) is 0 Å². The van der Waals surface area contributed by atoms with Crippen molar-refractivity contribution in [2.45, 2.75) is 63.8 Å². The molecule has 1 nitrogen and oxygen atoms in total. The van der Waals surface area contributed by atoms with Crippen LogP contribution in [0.15, 0.2) is 48.6 Å². The van der Waals surface area contributed by atoms with Crippen molar-refractivity contribution in [1.29, 1.82) is 0 Å². The predicted molar refractivity (Wildman–Crippen MR) is 103 cm³/mol. The van der Waals surface area contributed by atoms with E-state index in [1.54, 1.807) is 0 Å². The first-order valence-electron chi connectivity index (χ1n) is 8.43. The molecule has 0 heterocycles. The van der Waals surface area contributed by atoms with Gasteiger partial charge in [-0.3, -0.25) is 0 Å². The zero-order valence-electron chi connectivity index (χ0n) is 15.3. The zero-order chi connectivity index (χ0) is 16.6. The van der Waals surface area contributed by atoms with Gasteiger partial charge in [-0.15, -0.1) is 0 Å². The molecule has 0 bridgehead atoms. The molecule has 0 aromatic heterocycles. The van der Waals surface area contributed by atoms with E-state index in [0.29, 0.717) is 16.8 Å². The van der Waals surface area contributed by atoms with Crippen molar-refractivity contribution in [1.82, 2.24) is 0 Å². The Morgan fingerprint density at radius 3 is 1.59 bits per heavy atom. The molecule has 0 aromatic rings. The van der Waals surface area contributed by atoms with Crippen LogP contribution in [0, 0.1) is 5.41 Å². The van der Waals surface area contributed by atoms with E-state index in [2.05, 4.69) is 95.6 Å². The van der Waals surface area contributed by atoms with Gasteiger partial charge in [-0.05, 0) is 24.1 Å². The van der Waals surface area contributed by atoms with Crippen LogP contribution in [-0.4, -0.2) is 22.1 Å². The van der Waals surface area contributed by atoms with Gasteiger partial charge in [0, 0.05) is 11.3 Å². The van der Waals surface area contributed by atoms with Crippen LogP contribution in [0.3, 0.4) is 0 Å². The van der Waals surface area contributed by atoms with Gasteiger partial charge in [-0.2, -0.15) is 0 Å². The minimum absolute atomic E-state index is 0.177. The molecule has 0 amide bonds. The maximum absolute atomic E-state index is 6.99. The first kappa shape index (κ1) is 17.7. The minimum atomic E-state index is -1.79. The lowest BCUT2D eigenvalue weighted by atomic mass is 9.98. The highest BCUT2D eigenvalue weighted by Gasteiger charge is 2.48. The van der Waals surface area contributed by atoms with Crippen molar-refractivity contribution in [3.05, 3.63) is 48.6 Å².